The number of rotatable bonds is 8. The van der Waals surface area contributed by atoms with Gasteiger partial charge in [-0.15, -0.1) is 0 Å². The van der Waals surface area contributed by atoms with Crippen LogP contribution < -0.4 is 0 Å². The molecular weight excluding hydrogens is 394 g/mol. The minimum absolute atomic E-state index is 0.317. The first-order chi connectivity index (χ1) is 11.3. The van der Waals surface area contributed by atoms with Gasteiger partial charge < -0.3 is 9.80 Å². The number of carbonyl (C=O) groups excluding carboxylic acids is 2. The van der Waals surface area contributed by atoms with Gasteiger partial charge in [0.25, 0.3) is 11.8 Å². The van der Waals surface area contributed by atoms with Gasteiger partial charge in [-0.05, 0) is 25.0 Å². The summed E-state index contributed by atoms with van der Waals surface area (Å²) >= 11 is 22.5. The Morgan fingerprint density at radius 3 is 1.29 bits per heavy atom. The van der Waals surface area contributed by atoms with Gasteiger partial charge in [-0.2, -0.15) is 0 Å². The Hall–Kier alpha value is -0.680. The van der Waals surface area contributed by atoms with E-state index in [2.05, 4.69) is 0 Å². The number of amides is 2. The van der Waals surface area contributed by atoms with Crippen LogP contribution in [-0.2, 0) is 22.7 Å². The Bertz CT molecular complexity index is 501. The first-order valence-corrected chi connectivity index (χ1v) is 9.26. The van der Waals surface area contributed by atoms with Crippen LogP contribution in [0.15, 0.2) is 24.3 Å². The fraction of sp³-hybridized carbons (Fsp3) is 0.500. The van der Waals surface area contributed by atoms with Crippen molar-refractivity contribution in [2.45, 2.75) is 36.6 Å². The lowest BCUT2D eigenvalue weighted by molar-refractivity contribution is -0.130. The first kappa shape index (κ1) is 21.4. The number of halogens is 4. The van der Waals surface area contributed by atoms with Gasteiger partial charge in [-0.3, -0.25) is 9.59 Å². The predicted octanol–water partition coefficient (Wildman–Crippen LogP) is 3.99. The molecule has 0 aromatic heterocycles. The fourth-order valence-electron chi connectivity index (χ4n) is 2.16. The average Bonchev–Trinajstić information content (AvgIpc) is 2.57. The quantitative estimate of drug-likeness (QED) is 0.604. The molecule has 0 unspecified atom stereocenters. The molecule has 8 heteroatoms. The summed E-state index contributed by atoms with van der Waals surface area (Å²) in [6.45, 7) is 5.60. The Balaban J connectivity index is 2.75. The summed E-state index contributed by atoms with van der Waals surface area (Å²) in [7, 11) is 0. The van der Waals surface area contributed by atoms with Crippen LogP contribution in [0.25, 0.3) is 0 Å². The Labute approximate surface area is 162 Å². The van der Waals surface area contributed by atoms with Gasteiger partial charge in [0.15, 0.2) is 9.67 Å². The lowest BCUT2D eigenvalue weighted by atomic mass is 10.1. The first-order valence-electron chi connectivity index (χ1n) is 7.51. The van der Waals surface area contributed by atoms with Crippen molar-refractivity contribution in [3.05, 3.63) is 35.4 Å². The van der Waals surface area contributed by atoms with Crippen molar-refractivity contribution >= 4 is 58.2 Å². The van der Waals surface area contributed by atoms with Crippen molar-refractivity contribution in [3.63, 3.8) is 0 Å². The van der Waals surface area contributed by atoms with Gasteiger partial charge in [0.1, 0.15) is 0 Å². The molecule has 0 aliphatic carbocycles. The molecule has 0 N–H and O–H groups in total. The third-order valence-electron chi connectivity index (χ3n) is 3.53. The van der Waals surface area contributed by atoms with Gasteiger partial charge in [0.05, 0.1) is 0 Å². The highest BCUT2D eigenvalue weighted by Crippen LogP contribution is 2.15. The molecule has 0 aliphatic rings. The summed E-state index contributed by atoms with van der Waals surface area (Å²) in [5.41, 5.74) is 1.90. The second kappa shape index (κ2) is 10.3. The van der Waals surface area contributed by atoms with E-state index in [-0.39, 0.29) is 11.8 Å². The largest absolute Gasteiger partial charge is 0.336 e. The van der Waals surface area contributed by atoms with Crippen molar-refractivity contribution in [2.75, 3.05) is 13.1 Å². The molecule has 0 saturated heterocycles. The second-order valence-electron chi connectivity index (χ2n) is 5.12. The lowest BCUT2D eigenvalue weighted by Gasteiger charge is -2.23. The van der Waals surface area contributed by atoms with Crippen LogP contribution in [0.2, 0.25) is 0 Å². The van der Waals surface area contributed by atoms with Crippen LogP contribution in [0.3, 0.4) is 0 Å². The van der Waals surface area contributed by atoms with E-state index >= 15 is 0 Å². The molecule has 0 radical (unpaired) electrons. The Morgan fingerprint density at radius 2 is 1.08 bits per heavy atom. The minimum atomic E-state index is -1.06. The predicted molar refractivity (Wildman–Crippen MR) is 99.6 cm³/mol. The molecule has 0 bridgehead atoms. The molecule has 1 aromatic carbocycles. The molecule has 0 heterocycles. The highest BCUT2D eigenvalue weighted by atomic mass is 35.5. The molecule has 0 atom stereocenters. The van der Waals surface area contributed by atoms with Gasteiger partial charge in [0.2, 0.25) is 0 Å². The molecule has 134 valence electrons. The molecule has 0 saturated carbocycles. The van der Waals surface area contributed by atoms with E-state index in [1.54, 1.807) is 9.80 Å². The number of hydrogen-bond acceptors (Lipinski definition) is 2. The second-order valence-corrected chi connectivity index (χ2v) is 7.32. The van der Waals surface area contributed by atoms with Crippen LogP contribution in [0.1, 0.15) is 25.0 Å². The minimum Gasteiger partial charge on any atom is -0.336 e. The van der Waals surface area contributed by atoms with Crippen molar-refractivity contribution in [1.82, 2.24) is 9.80 Å². The van der Waals surface area contributed by atoms with Crippen LogP contribution >= 0.6 is 46.4 Å². The maximum atomic E-state index is 11.9. The van der Waals surface area contributed by atoms with E-state index in [1.165, 1.54) is 0 Å². The molecule has 0 spiro atoms. The van der Waals surface area contributed by atoms with Crippen LogP contribution in [0.5, 0.6) is 0 Å². The standard InChI is InChI=1S/C16H20Cl4N2O2/c1-3-21(15(23)13(17)18)9-11-5-7-12(8-6-11)10-22(4-2)16(24)14(19)20/h5-8,13-14H,3-4,9-10H2,1-2H3. The van der Waals surface area contributed by atoms with E-state index in [9.17, 15) is 9.59 Å². The summed E-state index contributed by atoms with van der Waals surface area (Å²) in [5, 5.41) is 0. The van der Waals surface area contributed by atoms with Crippen molar-refractivity contribution in [3.8, 4) is 0 Å². The zero-order valence-corrected chi connectivity index (χ0v) is 16.5. The van der Waals surface area contributed by atoms with Crippen molar-refractivity contribution < 1.29 is 9.59 Å². The van der Waals surface area contributed by atoms with Gasteiger partial charge in [0, 0.05) is 26.2 Å². The van der Waals surface area contributed by atoms with Crippen LogP contribution in [-0.4, -0.2) is 44.4 Å². The highest BCUT2D eigenvalue weighted by Gasteiger charge is 2.20. The Kier molecular flexibility index (Phi) is 9.21. The van der Waals surface area contributed by atoms with E-state index in [0.29, 0.717) is 26.2 Å². The number of benzene rings is 1. The summed E-state index contributed by atoms with van der Waals surface area (Å²) < 4.78 is 0. The normalized spacial score (nSPS) is 11.0. The maximum absolute atomic E-state index is 11.9. The van der Waals surface area contributed by atoms with Crippen molar-refractivity contribution in [1.29, 1.82) is 0 Å². The van der Waals surface area contributed by atoms with Crippen LogP contribution in [0, 0.1) is 0 Å². The molecule has 0 fully saturated rings. The Morgan fingerprint density at radius 1 is 0.792 bits per heavy atom. The summed E-state index contributed by atoms with van der Waals surface area (Å²) in [6.07, 6.45) is 0. The molecule has 24 heavy (non-hydrogen) atoms. The van der Waals surface area contributed by atoms with E-state index in [0.717, 1.165) is 11.1 Å². The molecule has 1 rings (SSSR count). The maximum Gasteiger partial charge on any atom is 0.256 e. The summed E-state index contributed by atoms with van der Waals surface area (Å²) in [6, 6.07) is 7.61. The topological polar surface area (TPSA) is 40.6 Å². The number of hydrogen-bond donors (Lipinski definition) is 0. The van der Waals surface area contributed by atoms with Crippen LogP contribution in [0.4, 0.5) is 0 Å². The lowest BCUT2D eigenvalue weighted by Crippen LogP contribution is -2.34. The van der Waals surface area contributed by atoms with E-state index in [1.807, 2.05) is 38.1 Å². The van der Waals surface area contributed by atoms with Gasteiger partial charge in [-0.25, -0.2) is 0 Å². The van der Waals surface area contributed by atoms with Crippen molar-refractivity contribution in [2.24, 2.45) is 0 Å². The number of carbonyl (C=O) groups is 2. The fourth-order valence-corrected chi connectivity index (χ4v) is 2.71. The third-order valence-corrected chi connectivity index (χ3v) is 4.28. The zero-order chi connectivity index (χ0) is 18.3. The monoisotopic (exact) mass is 412 g/mol. The average molecular weight is 414 g/mol. The third kappa shape index (κ3) is 6.32. The molecule has 2 amide bonds. The van der Waals surface area contributed by atoms with E-state index in [4.69, 9.17) is 46.4 Å². The molecule has 1 aromatic rings. The smallest absolute Gasteiger partial charge is 0.256 e. The van der Waals surface area contributed by atoms with E-state index < -0.39 is 9.67 Å². The SMILES string of the molecule is CCN(Cc1ccc(CN(CC)C(=O)C(Cl)Cl)cc1)C(=O)C(Cl)Cl. The highest BCUT2D eigenvalue weighted by molar-refractivity contribution is 6.53. The summed E-state index contributed by atoms with van der Waals surface area (Å²) in [5.74, 6) is -0.633. The number of nitrogens with zero attached hydrogens (tertiary/aromatic N) is 2. The van der Waals surface area contributed by atoms with Gasteiger partial charge >= 0.3 is 0 Å². The number of alkyl halides is 4. The van der Waals surface area contributed by atoms with Gasteiger partial charge in [-0.1, -0.05) is 70.7 Å². The molecule has 0 aliphatic heterocycles. The molecule has 4 nitrogen and oxygen atoms in total. The molecular formula is C16H20Cl4N2O2. The summed E-state index contributed by atoms with van der Waals surface area (Å²) in [4.78, 5) is 24.8. The zero-order valence-electron chi connectivity index (χ0n) is 13.5.